The Morgan fingerprint density at radius 2 is 1.93 bits per heavy atom. The summed E-state index contributed by atoms with van der Waals surface area (Å²) in [5.41, 5.74) is 0.589. The second-order valence-corrected chi connectivity index (χ2v) is 9.48. The molecule has 0 saturated heterocycles. The molecule has 2 aromatic rings. The largest absolute Gasteiger partial charge is 0.396 e. The van der Waals surface area contributed by atoms with E-state index >= 15 is 0 Å². The monoisotopic (exact) mass is 405 g/mol. The van der Waals surface area contributed by atoms with Crippen molar-refractivity contribution in [3.63, 3.8) is 0 Å². The van der Waals surface area contributed by atoms with Gasteiger partial charge in [-0.1, -0.05) is 0 Å². The van der Waals surface area contributed by atoms with Crippen molar-refractivity contribution in [1.82, 2.24) is 19.5 Å². The van der Waals surface area contributed by atoms with Gasteiger partial charge >= 0.3 is 0 Å². The summed E-state index contributed by atoms with van der Waals surface area (Å²) in [5, 5.41) is 34.5. The summed E-state index contributed by atoms with van der Waals surface area (Å²) in [5.74, 6) is 2.04. The molecule has 2 heterocycles. The van der Waals surface area contributed by atoms with Crippen molar-refractivity contribution < 1.29 is 15.3 Å². The highest BCUT2D eigenvalue weighted by molar-refractivity contribution is 6.28. The molecule has 4 N–H and O–H groups in total. The predicted molar refractivity (Wildman–Crippen MR) is 102 cm³/mol. The van der Waals surface area contributed by atoms with Crippen LogP contribution in [0.5, 0.6) is 0 Å². The number of anilines is 1. The van der Waals surface area contributed by atoms with Crippen LogP contribution in [0.15, 0.2) is 6.33 Å². The number of aliphatic hydroxyl groups is 3. The summed E-state index contributed by atoms with van der Waals surface area (Å²) in [6.07, 6.45) is 5.41. The molecule has 0 bridgehead atoms. The van der Waals surface area contributed by atoms with Gasteiger partial charge in [-0.05, 0) is 61.5 Å². The van der Waals surface area contributed by atoms with Crippen molar-refractivity contribution in [2.24, 2.45) is 23.2 Å². The van der Waals surface area contributed by atoms with Gasteiger partial charge in [0.15, 0.2) is 17.0 Å². The fourth-order valence-corrected chi connectivity index (χ4v) is 5.61. The number of aliphatic hydroxyl groups excluding tert-OH is 3. The smallest absolute Gasteiger partial charge is 0.226 e. The minimum atomic E-state index is -0.973. The molecule has 6 rings (SSSR count). The summed E-state index contributed by atoms with van der Waals surface area (Å²) < 4.78 is 1.81. The normalized spacial score (nSPS) is 36.9. The van der Waals surface area contributed by atoms with Gasteiger partial charge in [0, 0.05) is 11.5 Å². The lowest BCUT2D eigenvalue weighted by Crippen LogP contribution is -2.35. The first-order valence-corrected chi connectivity index (χ1v) is 10.5. The lowest BCUT2D eigenvalue weighted by atomic mass is 10.0. The molecule has 5 atom stereocenters. The lowest BCUT2D eigenvalue weighted by molar-refractivity contribution is -0.0300. The third-order valence-electron chi connectivity index (χ3n) is 7.43. The Balaban J connectivity index is 1.39. The molecule has 0 unspecified atom stereocenters. The number of hydrogen-bond acceptors (Lipinski definition) is 7. The van der Waals surface area contributed by atoms with Crippen LogP contribution in [0.1, 0.15) is 38.1 Å². The van der Waals surface area contributed by atoms with Gasteiger partial charge in [-0.25, -0.2) is 4.98 Å². The second kappa shape index (κ2) is 5.78. The molecule has 0 radical (unpaired) electrons. The molecular formula is C19H24ClN5O3. The summed E-state index contributed by atoms with van der Waals surface area (Å²) >= 11 is 6.24. The number of fused-ring (bicyclic) bond motifs is 2. The van der Waals surface area contributed by atoms with Crippen LogP contribution in [-0.4, -0.2) is 59.7 Å². The van der Waals surface area contributed by atoms with Crippen LogP contribution in [0.4, 0.5) is 5.82 Å². The molecule has 4 fully saturated rings. The molecule has 9 heteroatoms. The Morgan fingerprint density at radius 1 is 1.21 bits per heavy atom. The van der Waals surface area contributed by atoms with Crippen molar-refractivity contribution >= 4 is 28.6 Å². The first-order chi connectivity index (χ1) is 13.5. The second-order valence-electron chi connectivity index (χ2n) is 9.14. The van der Waals surface area contributed by atoms with Crippen molar-refractivity contribution in [1.29, 1.82) is 0 Å². The fourth-order valence-electron chi connectivity index (χ4n) is 5.45. The van der Waals surface area contributed by atoms with E-state index in [9.17, 15) is 15.3 Å². The maximum Gasteiger partial charge on any atom is 0.226 e. The number of nitrogens with zero attached hydrogens (tertiary/aromatic N) is 4. The van der Waals surface area contributed by atoms with E-state index in [1.807, 2.05) is 0 Å². The lowest BCUT2D eigenvalue weighted by Gasteiger charge is -2.23. The Kier molecular flexibility index (Phi) is 3.59. The standard InChI is InChI=1S/C19H24ClN5O3/c20-18-23-16(22-11(8-1-2-8)9-3-4-9)12-17(24-18)25(7-21-12)13-10-5-19(10,6-26)15(28)14(13)27/h7-11,13-15,26-28H,1-6H2,(H,22,23,24)/t10-,13-,14+,15+,19-/m1/s1. The molecule has 0 amide bonds. The van der Waals surface area contributed by atoms with Crippen molar-refractivity contribution in [2.45, 2.75) is 56.4 Å². The van der Waals surface area contributed by atoms with Gasteiger partial charge in [-0.3, -0.25) is 0 Å². The van der Waals surface area contributed by atoms with Gasteiger partial charge in [-0.2, -0.15) is 9.97 Å². The Morgan fingerprint density at radius 3 is 2.54 bits per heavy atom. The molecule has 8 nitrogen and oxygen atoms in total. The molecule has 4 aliphatic carbocycles. The number of hydrogen-bond donors (Lipinski definition) is 4. The molecule has 0 aromatic carbocycles. The van der Waals surface area contributed by atoms with E-state index in [0.717, 1.165) is 0 Å². The molecule has 150 valence electrons. The molecule has 0 aliphatic heterocycles. The summed E-state index contributed by atoms with van der Waals surface area (Å²) in [7, 11) is 0. The number of rotatable bonds is 6. The van der Waals surface area contributed by atoms with E-state index in [1.165, 1.54) is 25.7 Å². The van der Waals surface area contributed by atoms with E-state index in [2.05, 4.69) is 20.3 Å². The predicted octanol–water partition coefficient (Wildman–Crippen LogP) is 1.36. The maximum atomic E-state index is 10.6. The van der Waals surface area contributed by atoms with Crippen LogP contribution in [0.2, 0.25) is 5.28 Å². The zero-order valence-corrected chi connectivity index (χ0v) is 16.1. The van der Waals surface area contributed by atoms with Crippen LogP contribution < -0.4 is 5.32 Å². The van der Waals surface area contributed by atoms with Gasteiger partial charge in [0.1, 0.15) is 6.10 Å². The van der Waals surface area contributed by atoms with Crippen molar-refractivity contribution in [3.05, 3.63) is 11.6 Å². The fraction of sp³-hybridized carbons (Fsp3) is 0.737. The van der Waals surface area contributed by atoms with Crippen molar-refractivity contribution in [2.75, 3.05) is 11.9 Å². The third-order valence-corrected chi connectivity index (χ3v) is 7.59. The summed E-state index contributed by atoms with van der Waals surface area (Å²) in [6, 6.07) is 0.0253. The van der Waals surface area contributed by atoms with Gasteiger partial charge in [-0.15, -0.1) is 0 Å². The van der Waals surface area contributed by atoms with Gasteiger partial charge in [0.25, 0.3) is 0 Å². The van der Waals surface area contributed by atoms with Gasteiger partial charge < -0.3 is 25.2 Å². The van der Waals surface area contributed by atoms with Crippen LogP contribution >= 0.6 is 11.6 Å². The first-order valence-electron chi connectivity index (χ1n) is 10.2. The summed E-state index contributed by atoms with van der Waals surface area (Å²) in [6.45, 7) is -0.133. The molecule has 4 aliphatic rings. The SMILES string of the molecule is OC[C@]12C[C@@H]1[C@@H](n1cnc3c(NC(C4CC4)C4CC4)nc(Cl)nc31)[C@H](O)[C@@H]2O. The third kappa shape index (κ3) is 2.38. The minimum Gasteiger partial charge on any atom is -0.396 e. The van der Waals surface area contributed by atoms with Crippen LogP contribution in [0, 0.1) is 23.2 Å². The van der Waals surface area contributed by atoms with Crippen LogP contribution in [0.3, 0.4) is 0 Å². The van der Waals surface area contributed by atoms with E-state index in [4.69, 9.17) is 11.6 Å². The van der Waals surface area contributed by atoms with Crippen molar-refractivity contribution in [3.8, 4) is 0 Å². The highest BCUT2D eigenvalue weighted by Gasteiger charge is 2.71. The number of aromatic nitrogens is 4. The Bertz CT molecular complexity index is 933. The zero-order valence-electron chi connectivity index (χ0n) is 15.4. The topological polar surface area (TPSA) is 116 Å². The molecule has 28 heavy (non-hydrogen) atoms. The molecule has 2 aromatic heterocycles. The Hall–Kier alpha value is -1.48. The highest BCUT2D eigenvalue weighted by atomic mass is 35.5. The van der Waals surface area contributed by atoms with Crippen LogP contribution in [0.25, 0.3) is 11.2 Å². The van der Waals surface area contributed by atoms with Crippen LogP contribution in [-0.2, 0) is 0 Å². The minimum absolute atomic E-state index is 0.00396. The van der Waals surface area contributed by atoms with E-state index < -0.39 is 17.6 Å². The van der Waals surface area contributed by atoms with E-state index in [0.29, 0.717) is 41.3 Å². The zero-order chi connectivity index (χ0) is 19.2. The van der Waals surface area contributed by atoms with E-state index in [1.54, 1.807) is 10.9 Å². The molecule has 0 spiro atoms. The first kappa shape index (κ1) is 17.4. The van der Waals surface area contributed by atoms with Gasteiger partial charge in [0.05, 0.1) is 25.1 Å². The number of imidazole rings is 1. The van der Waals surface area contributed by atoms with E-state index in [-0.39, 0.29) is 23.9 Å². The van der Waals surface area contributed by atoms with Gasteiger partial charge in [0.2, 0.25) is 5.28 Å². The average molecular weight is 406 g/mol. The Labute approximate surface area is 167 Å². The molecule has 4 saturated carbocycles. The maximum absolute atomic E-state index is 10.6. The summed E-state index contributed by atoms with van der Waals surface area (Å²) in [4.78, 5) is 13.3. The quantitative estimate of drug-likeness (QED) is 0.536. The highest BCUT2D eigenvalue weighted by Crippen LogP contribution is 2.67. The average Bonchev–Trinajstić information content (AvgIpc) is 3.57. The molecular weight excluding hydrogens is 382 g/mol. The number of halogens is 1. The number of nitrogens with one attached hydrogen (secondary N) is 1.